The van der Waals surface area contributed by atoms with Crippen LogP contribution in [0.15, 0.2) is 23.1 Å². The Morgan fingerprint density at radius 2 is 2.05 bits per heavy atom. The smallest absolute Gasteiger partial charge is 0.243 e. The third-order valence-corrected chi connectivity index (χ3v) is 6.11. The molecule has 1 aliphatic heterocycles. The molecule has 1 unspecified atom stereocenters. The van der Waals surface area contributed by atoms with Crippen LogP contribution in [0.2, 0.25) is 0 Å². The molecule has 5 heteroatoms. The summed E-state index contributed by atoms with van der Waals surface area (Å²) in [6.07, 6.45) is 4.89. The van der Waals surface area contributed by atoms with Gasteiger partial charge in [0.2, 0.25) is 10.0 Å². The van der Waals surface area contributed by atoms with E-state index >= 15 is 0 Å². The minimum Gasteiger partial charge on any atom is -0.398 e. The molecule has 1 aromatic rings. The second-order valence-electron chi connectivity index (χ2n) is 5.53. The molecule has 4 nitrogen and oxygen atoms in total. The monoisotopic (exact) mass is 296 g/mol. The zero-order valence-corrected chi connectivity index (χ0v) is 13.1. The fourth-order valence-corrected chi connectivity index (χ4v) is 4.53. The third kappa shape index (κ3) is 2.99. The summed E-state index contributed by atoms with van der Waals surface area (Å²) < 4.78 is 27.2. The number of hydrogen-bond donors (Lipinski definition) is 1. The van der Waals surface area contributed by atoms with Gasteiger partial charge in [-0.2, -0.15) is 4.31 Å². The van der Waals surface area contributed by atoms with Crippen molar-refractivity contribution in [3.05, 3.63) is 23.8 Å². The lowest BCUT2D eigenvalue weighted by molar-refractivity contribution is 0.342. The Kier molecular flexibility index (Phi) is 4.70. The molecule has 2 N–H and O–H groups in total. The molecule has 1 heterocycles. The fourth-order valence-electron chi connectivity index (χ4n) is 2.80. The molecule has 1 saturated heterocycles. The molecule has 0 amide bonds. The highest BCUT2D eigenvalue weighted by molar-refractivity contribution is 7.89. The topological polar surface area (TPSA) is 63.4 Å². The van der Waals surface area contributed by atoms with Crippen molar-refractivity contribution < 1.29 is 8.42 Å². The summed E-state index contributed by atoms with van der Waals surface area (Å²) in [5.74, 6) is 0. The van der Waals surface area contributed by atoms with E-state index in [0.29, 0.717) is 17.1 Å². The zero-order valence-electron chi connectivity index (χ0n) is 12.3. The maximum absolute atomic E-state index is 12.8. The Morgan fingerprint density at radius 1 is 1.30 bits per heavy atom. The van der Waals surface area contributed by atoms with Crippen LogP contribution in [0, 0.1) is 0 Å². The number of nitrogens with zero attached hydrogens (tertiary/aromatic N) is 1. The highest BCUT2D eigenvalue weighted by Crippen LogP contribution is 2.26. The molecular weight excluding hydrogens is 272 g/mol. The van der Waals surface area contributed by atoms with Crippen molar-refractivity contribution in [1.82, 2.24) is 4.31 Å². The summed E-state index contributed by atoms with van der Waals surface area (Å²) in [5.41, 5.74) is 7.50. The minimum absolute atomic E-state index is 0.0644. The lowest BCUT2D eigenvalue weighted by atomic mass is 10.1. The molecule has 1 aliphatic rings. The molecule has 112 valence electrons. The van der Waals surface area contributed by atoms with E-state index in [1.165, 1.54) is 0 Å². The SMILES string of the molecule is CCc1ccc(S(=O)(=O)N2CCCCCC2C)cc1N. The highest BCUT2D eigenvalue weighted by atomic mass is 32.2. The van der Waals surface area contributed by atoms with Gasteiger partial charge in [0.25, 0.3) is 0 Å². The lowest BCUT2D eigenvalue weighted by Crippen LogP contribution is -2.38. The molecule has 0 bridgehead atoms. The summed E-state index contributed by atoms with van der Waals surface area (Å²) >= 11 is 0. The summed E-state index contributed by atoms with van der Waals surface area (Å²) in [6.45, 7) is 4.61. The highest BCUT2D eigenvalue weighted by Gasteiger charge is 2.30. The number of aryl methyl sites for hydroxylation is 1. The summed E-state index contributed by atoms with van der Waals surface area (Å²) in [6, 6.07) is 5.17. The van der Waals surface area contributed by atoms with Gasteiger partial charge in [-0.15, -0.1) is 0 Å². The first-order valence-electron chi connectivity index (χ1n) is 7.37. The number of anilines is 1. The molecule has 0 spiro atoms. The number of nitrogen functional groups attached to an aromatic ring is 1. The van der Waals surface area contributed by atoms with E-state index in [1.54, 1.807) is 16.4 Å². The maximum Gasteiger partial charge on any atom is 0.243 e. The molecule has 0 radical (unpaired) electrons. The van der Waals surface area contributed by atoms with Gasteiger partial charge in [-0.1, -0.05) is 25.8 Å². The number of rotatable bonds is 3. The van der Waals surface area contributed by atoms with Crippen LogP contribution < -0.4 is 5.73 Å². The molecule has 1 aromatic carbocycles. The quantitative estimate of drug-likeness (QED) is 0.872. The van der Waals surface area contributed by atoms with Crippen LogP contribution in [-0.4, -0.2) is 25.3 Å². The molecule has 1 atom stereocenters. The van der Waals surface area contributed by atoms with Crippen molar-refractivity contribution in [2.24, 2.45) is 0 Å². The van der Waals surface area contributed by atoms with E-state index in [4.69, 9.17) is 5.73 Å². The van der Waals surface area contributed by atoms with Gasteiger partial charge in [-0.25, -0.2) is 8.42 Å². The largest absolute Gasteiger partial charge is 0.398 e. The van der Waals surface area contributed by atoms with Crippen molar-refractivity contribution in [3.8, 4) is 0 Å². The first-order chi connectivity index (χ1) is 9.46. The van der Waals surface area contributed by atoms with Gasteiger partial charge >= 0.3 is 0 Å². The Bertz CT molecular complexity index is 569. The fraction of sp³-hybridized carbons (Fsp3) is 0.600. The van der Waals surface area contributed by atoms with Gasteiger partial charge < -0.3 is 5.73 Å². The van der Waals surface area contributed by atoms with E-state index < -0.39 is 10.0 Å². The predicted molar refractivity (Wildman–Crippen MR) is 82.1 cm³/mol. The van der Waals surface area contributed by atoms with Crippen molar-refractivity contribution in [1.29, 1.82) is 0 Å². The number of nitrogens with two attached hydrogens (primary N) is 1. The van der Waals surface area contributed by atoms with Crippen LogP contribution in [0.1, 0.15) is 45.1 Å². The molecule has 2 rings (SSSR count). The lowest BCUT2D eigenvalue weighted by Gasteiger charge is -2.26. The average molecular weight is 296 g/mol. The minimum atomic E-state index is -3.43. The Hall–Kier alpha value is -1.07. The zero-order chi connectivity index (χ0) is 14.8. The van der Waals surface area contributed by atoms with E-state index in [9.17, 15) is 8.42 Å². The predicted octanol–water partition coefficient (Wildman–Crippen LogP) is 2.78. The second-order valence-corrected chi connectivity index (χ2v) is 7.42. The summed E-state index contributed by atoms with van der Waals surface area (Å²) in [5, 5.41) is 0. The van der Waals surface area contributed by atoms with E-state index in [2.05, 4.69) is 0 Å². The second kappa shape index (κ2) is 6.14. The standard InChI is InChI=1S/C15H24N2O2S/c1-3-13-8-9-14(11-15(13)16)20(18,19)17-10-6-4-5-7-12(17)2/h8-9,11-12H,3-7,10,16H2,1-2H3. The number of sulfonamides is 1. The van der Waals surface area contributed by atoms with Crippen LogP contribution in [0.3, 0.4) is 0 Å². The van der Waals surface area contributed by atoms with Crippen LogP contribution in [-0.2, 0) is 16.4 Å². The van der Waals surface area contributed by atoms with Gasteiger partial charge in [0.1, 0.15) is 0 Å². The van der Waals surface area contributed by atoms with Gasteiger partial charge in [0, 0.05) is 18.3 Å². The van der Waals surface area contributed by atoms with Crippen LogP contribution in [0.4, 0.5) is 5.69 Å². The van der Waals surface area contributed by atoms with Crippen molar-refractivity contribution in [2.75, 3.05) is 12.3 Å². The molecule has 1 fully saturated rings. The number of hydrogen-bond acceptors (Lipinski definition) is 3. The number of benzene rings is 1. The van der Waals surface area contributed by atoms with Crippen LogP contribution in [0.5, 0.6) is 0 Å². The summed E-state index contributed by atoms with van der Waals surface area (Å²) in [4.78, 5) is 0.320. The molecule has 0 aromatic heterocycles. The molecule has 0 saturated carbocycles. The van der Waals surface area contributed by atoms with Gasteiger partial charge in [0.05, 0.1) is 4.90 Å². The Balaban J connectivity index is 2.36. The molecule has 20 heavy (non-hydrogen) atoms. The van der Waals surface area contributed by atoms with E-state index in [0.717, 1.165) is 37.7 Å². The van der Waals surface area contributed by atoms with Gasteiger partial charge in [-0.3, -0.25) is 0 Å². The van der Waals surface area contributed by atoms with Gasteiger partial charge in [-0.05, 0) is 43.9 Å². The van der Waals surface area contributed by atoms with Crippen molar-refractivity contribution in [3.63, 3.8) is 0 Å². The van der Waals surface area contributed by atoms with E-state index in [1.807, 2.05) is 19.9 Å². The Labute approximate surface area is 122 Å². The van der Waals surface area contributed by atoms with Crippen molar-refractivity contribution >= 4 is 15.7 Å². The molecule has 0 aliphatic carbocycles. The van der Waals surface area contributed by atoms with Crippen molar-refractivity contribution in [2.45, 2.75) is 56.9 Å². The third-order valence-electron chi connectivity index (χ3n) is 4.10. The van der Waals surface area contributed by atoms with Crippen LogP contribution >= 0.6 is 0 Å². The first-order valence-corrected chi connectivity index (χ1v) is 8.81. The maximum atomic E-state index is 12.8. The van der Waals surface area contributed by atoms with E-state index in [-0.39, 0.29) is 6.04 Å². The molecular formula is C15H24N2O2S. The Morgan fingerprint density at radius 3 is 2.70 bits per heavy atom. The average Bonchev–Trinajstić information content (AvgIpc) is 2.63. The normalized spacial score (nSPS) is 21.6. The summed E-state index contributed by atoms with van der Waals surface area (Å²) in [7, 11) is -3.43. The first kappa shape index (κ1) is 15.3. The van der Waals surface area contributed by atoms with Gasteiger partial charge in [0.15, 0.2) is 0 Å². The van der Waals surface area contributed by atoms with Crippen LogP contribution in [0.25, 0.3) is 0 Å².